The first-order valence-electron chi connectivity index (χ1n) is 5.28. The summed E-state index contributed by atoms with van der Waals surface area (Å²) in [6.07, 6.45) is 4.20. The van der Waals surface area contributed by atoms with Crippen molar-refractivity contribution in [2.45, 2.75) is 19.1 Å². The molecule has 1 aromatic heterocycles. The summed E-state index contributed by atoms with van der Waals surface area (Å²) in [7, 11) is 0. The van der Waals surface area contributed by atoms with E-state index in [1.165, 1.54) is 18.7 Å². The molecule has 6 nitrogen and oxygen atoms in total. The van der Waals surface area contributed by atoms with Crippen LogP contribution in [0.25, 0.3) is 0 Å². The highest BCUT2D eigenvalue weighted by Crippen LogP contribution is 2.24. The summed E-state index contributed by atoms with van der Waals surface area (Å²) >= 11 is 6.21. The highest BCUT2D eigenvalue weighted by molar-refractivity contribution is 9.11. The van der Waals surface area contributed by atoms with Crippen LogP contribution in [0.5, 0.6) is 0 Å². The lowest BCUT2D eigenvalue weighted by atomic mass is 10.2. The Morgan fingerprint density at radius 3 is 2.68 bits per heavy atom. The number of pyridine rings is 1. The number of hydrogen-bond donors (Lipinski definition) is 2. The van der Waals surface area contributed by atoms with Crippen molar-refractivity contribution < 1.29 is 14.3 Å². The zero-order chi connectivity index (χ0) is 14.0. The van der Waals surface area contributed by atoms with Gasteiger partial charge in [-0.1, -0.05) is 0 Å². The molecule has 0 fully saturated rings. The first-order chi connectivity index (χ1) is 8.91. The van der Waals surface area contributed by atoms with Crippen LogP contribution < -0.4 is 10.7 Å². The summed E-state index contributed by atoms with van der Waals surface area (Å²) in [5, 5.41) is 2.58. The van der Waals surface area contributed by atoms with Crippen LogP contribution in [0, 0.1) is 0 Å². The van der Waals surface area contributed by atoms with Gasteiger partial charge in [0.05, 0.1) is 4.47 Å². The SMILES string of the molecule is CC1(CC(=O)Nc2[nH]cc(Br)c(=O)c2Br)OC=CO1. The molecule has 1 aliphatic rings. The Bertz CT molecular complexity index is 589. The molecule has 0 radical (unpaired) electrons. The summed E-state index contributed by atoms with van der Waals surface area (Å²) in [6.45, 7) is 1.64. The molecule has 2 heterocycles. The maximum atomic E-state index is 11.9. The summed E-state index contributed by atoms with van der Waals surface area (Å²) in [4.78, 5) is 26.3. The van der Waals surface area contributed by atoms with E-state index in [1.54, 1.807) is 6.92 Å². The first-order valence-corrected chi connectivity index (χ1v) is 6.87. The van der Waals surface area contributed by atoms with Gasteiger partial charge in [-0.3, -0.25) is 9.59 Å². The molecule has 0 saturated heterocycles. The Morgan fingerprint density at radius 2 is 2.05 bits per heavy atom. The topological polar surface area (TPSA) is 80.4 Å². The monoisotopic (exact) mass is 392 g/mol. The number of ether oxygens (including phenoxy) is 2. The largest absolute Gasteiger partial charge is 0.457 e. The predicted molar refractivity (Wildman–Crippen MR) is 75.4 cm³/mol. The number of rotatable bonds is 3. The van der Waals surface area contributed by atoms with Crippen LogP contribution in [-0.2, 0) is 14.3 Å². The number of aromatic nitrogens is 1. The van der Waals surface area contributed by atoms with Crippen molar-refractivity contribution in [3.05, 3.63) is 37.9 Å². The van der Waals surface area contributed by atoms with Crippen LogP contribution in [0.2, 0.25) is 0 Å². The van der Waals surface area contributed by atoms with Crippen molar-refractivity contribution in [1.29, 1.82) is 0 Å². The third-order valence-electron chi connectivity index (χ3n) is 2.42. The molecule has 2 N–H and O–H groups in total. The Morgan fingerprint density at radius 1 is 1.42 bits per heavy atom. The van der Waals surface area contributed by atoms with E-state index >= 15 is 0 Å². The van der Waals surface area contributed by atoms with Gasteiger partial charge in [0.25, 0.3) is 5.79 Å². The number of carbonyl (C=O) groups excluding carboxylic acids is 1. The van der Waals surface area contributed by atoms with E-state index in [-0.39, 0.29) is 28.0 Å². The van der Waals surface area contributed by atoms with Gasteiger partial charge < -0.3 is 19.8 Å². The fourth-order valence-electron chi connectivity index (χ4n) is 1.50. The van der Waals surface area contributed by atoms with Gasteiger partial charge >= 0.3 is 0 Å². The number of nitrogens with one attached hydrogen (secondary N) is 2. The molecule has 0 aliphatic carbocycles. The molecule has 2 rings (SSSR count). The van der Waals surface area contributed by atoms with Gasteiger partial charge in [0, 0.05) is 13.1 Å². The molecule has 8 heteroatoms. The average molecular weight is 394 g/mol. The summed E-state index contributed by atoms with van der Waals surface area (Å²) in [5.74, 6) is -1.07. The molecule has 1 aromatic rings. The van der Waals surface area contributed by atoms with Crippen LogP contribution in [-0.4, -0.2) is 16.7 Å². The standard InChI is InChI=1S/C11H10Br2N2O4/c1-11(18-2-3-19-11)4-7(16)15-10-8(13)9(17)6(12)5-14-10/h2-3,5H,4H2,1H3,(H2,14,15,16,17). The van der Waals surface area contributed by atoms with Crippen molar-refractivity contribution in [3.8, 4) is 0 Å². The van der Waals surface area contributed by atoms with E-state index in [4.69, 9.17) is 9.47 Å². The number of halogens is 2. The second kappa shape index (κ2) is 5.38. The van der Waals surface area contributed by atoms with E-state index in [2.05, 4.69) is 42.2 Å². The Hall–Kier alpha value is -1.28. The number of hydrogen-bond acceptors (Lipinski definition) is 4. The fraction of sp³-hybridized carbons (Fsp3) is 0.273. The number of amides is 1. The van der Waals surface area contributed by atoms with Crippen LogP contribution in [0.15, 0.2) is 32.5 Å². The molecule has 0 aromatic carbocycles. The van der Waals surface area contributed by atoms with Gasteiger partial charge in [-0.15, -0.1) is 0 Å². The highest BCUT2D eigenvalue weighted by Gasteiger charge is 2.32. The Balaban J connectivity index is 2.07. The molecular formula is C11H10Br2N2O4. The number of aromatic amines is 1. The quantitative estimate of drug-likeness (QED) is 0.826. The maximum Gasteiger partial charge on any atom is 0.255 e. The van der Waals surface area contributed by atoms with Crippen LogP contribution in [0.1, 0.15) is 13.3 Å². The summed E-state index contributed by atoms with van der Waals surface area (Å²) < 4.78 is 10.9. The number of anilines is 1. The molecule has 0 saturated carbocycles. The summed E-state index contributed by atoms with van der Waals surface area (Å²) in [6, 6.07) is 0. The predicted octanol–water partition coefficient (Wildman–Crippen LogP) is 2.46. The molecular weight excluding hydrogens is 384 g/mol. The van der Waals surface area contributed by atoms with Crippen molar-refractivity contribution >= 4 is 43.6 Å². The van der Waals surface area contributed by atoms with Gasteiger partial charge in [0.2, 0.25) is 11.3 Å². The minimum absolute atomic E-state index is 0.00939. The number of carbonyl (C=O) groups is 1. The maximum absolute atomic E-state index is 11.9. The molecule has 1 aliphatic heterocycles. The lowest BCUT2D eigenvalue weighted by Gasteiger charge is -2.22. The summed E-state index contributed by atoms with van der Waals surface area (Å²) in [5.41, 5.74) is -0.254. The molecule has 19 heavy (non-hydrogen) atoms. The third kappa shape index (κ3) is 3.19. The normalized spacial score (nSPS) is 15.7. The van der Waals surface area contributed by atoms with Gasteiger partial charge in [0.15, 0.2) is 0 Å². The molecule has 1 amide bonds. The van der Waals surface area contributed by atoms with Crippen molar-refractivity contribution in [1.82, 2.24) is 4.98 Å². The zero-order valence-electron chi connectivity index (χ0n) is 9.83. The lowest BCUT2D eigenvalue weighted by molar-refractivity contribution is -0.147. The molecule has 0 unspecified atom stereocenters. The van der Waals surface area contributed by atoms with E-state index in [0.29, 0.717) is 4.47 Å². The van der Waals surface area contributed by atoms with Gasteiger partial charge in [-0.25, -0.2) is 0 Å². The van der Waals surface area contributed by atoms with E-state index < -0.39 is 5.79 Å². The Kier molecular flexibility index (Phi) is 4.00. The van der Waals surface area contributed by atoms with Gasteiger partial charge in [-0.2, -0.15) is 0 Å². The third-order valence-corrected chi connectivity index (χ3v) is 3.76. The lowest BCUT2D eigenvalue weighted by Crippen LogP contribution is -2.32. The van der Waals surface area contributed by atoms with Crippen molar-refractivity contribution in [2.24, 2.45) is 0 Å². The van der Waals surface area contributed by atoms with E-state index in [1.807, 2.05) is 0 Å². The number of H-pyrrole nitrogens is 1. The fourth-order valence-corrected chi connectivity index (χ4v) is 2.51. The molecule has 0 spiro atoms. The average Bonchev–Trinajstić information content (AvgIpc) is 2.76. The Labute approximate surface area is 125 Å². The zero-order valence-corrected chi connectivity index (χ0v) is 13.0. The smallest absolute Gasteiger partial charge is 0.255 e. The van der Waals surface area contributed by atoms with Crippen LogP contribution in [0.4, 0.5) is 5.82 Å². The second-order valence-electron chi connectivity index (χ2n) is 4.02. The minimum atomic E-state index is -1.01. The van der Waals surface area contributed by atoms with Crippen molar-refractivity contribution in [2.75, 3.05) is 5.32 Å². The second-order valence-corrected chi connectivity index (χ2v) is 5.67. The van der Waals surface area contributed by atoms with E-state index in [0.717, 1.165) is 0 Å². The van der Waals surface area contributed by atoms with Crippen LogP contribution >= 0.6 is 31.9 Å². The van der Waals surface area contributed by atoms with Gasteiger partial charge in [-0.05, 0) is 31.9 Å². The first kappa shape index (κ1) is 14.1. The van der Waals surface area contributed by atoms with Gasteiger partial charge in [0.1, 0.15) is 29.2 Å². The molecule has 102 valence electrons. The molecule has 0 atom stereocenters. The van der Waals surface area contributed by atoms with Crippen LogP contribution in [0.3, 0.4) is 0 Å². The van der Waals surface area contributed by atoms with E-state index in [9.17, 15) is 9.59 Å². The van der Waals surface area contributed by atoms with Crippen molar-refractivity contribution in [3.63, 3.8) is 0 Å². The minimum Gasteiger partial charge on any atom is -0.457 e. The molecule has 0 bridgehead atoms. The highest BCUT2D eigenvalue weighted by atomic mass is 79.9.